The first-order chi connectivity index (χ1) is 10.2. The summed E-state index contributed by atoms with van der Waals surface area (Å²) in [5.74, 6) is 0.547. The Kier molecular flexibility index (Phi) is 10.0. The minimum atomic E-state index is -4.17. The molecule has 0 aromatic carbocycles. The van der Waals surface area contributed by atoms with E-state index in [0.29, 0.717) is 19.0 Å². The maximum Gasteiger partial charge on any atom is 0.401 e. The molecule has 0 bridgehead atoms. The molecule has 0 fully saturated rings. The van der Waals surface area contributed by atoms with E-state index < -0.39 is 12.7 Å². The summed E-state index contributed by atoms with van der Waals surface area (Å²) in [5, 5.41) is 7.03. The molecule has 1 aromatic heterocycles. The standard InChI is InChI=1S/C13H22F3N5S.HI/c1-9-10(2)22-11(20-9)7-19-12(17-3)18-5-6-21(4)8-13(14,15)16;/h5-8H2,1-4H3,(H2,17,18,19);1H. The van der Waals surface area contributed by atoms with Gasteiger partial charge in [0.1, 0.15) is 5.01 Å². The molecular weight excluding hydrogens is 442 g/mol. The van der Waals surface area contributed by atoms with Crippen molar-refractivity contribution in [3.05, 3.63) is 15.6 Å². The van der Waals surface area contributed by atoms with Gasteiger partial charge in [-0.3, -0.25) is 9.89 Å². The number of hydrogen-bond acceptors (Lipinski definition) is 4. The number of aliphatic imine (C=N–C) groups is 1. The van der Waals surface area contributed by atoms with E-state index in [1.165, 1.54) is 16.8 Å². The van der Waals surface area contributed by atoms with Crippen LogP contribution in [0.2, 0.25) is 0 Å². The molecule has 23 heavy (non-hydrogen) atoms. The second kappa shape index (κ2) is 10.3. The number of nitrogens with one attached hydrogen (secondary N) is 2. The first-order valence-corrected chi connectivity index (χ1v) is 7.65. The second-order valence-electron chi connectivity index (χ2n) is 4.95. The number of halogens is 4. The summed E-state index contributed by atoms with van der Waals surface area (Å²) in [6.45, 7) is 4.24. The molecule has 0 radical (unpaired) electrons. The zero-order valence-corrected chi connectivity index (χ0v) is 16.8. The Hall–Kier alpha value is -0.620. The Labute approximate surface area is 155 Å². The highest BCUT2D eigenvalue weighted by atomic mass is 127. The van der Waals surface area contributed by atoms with Crippen molar-refractivity contribution in [2.75, 3.05) is 33.7 Å². The van der Waals surface area contributed by atoms with Crippen LogP contribution in [0.15, 0.2) is 4.99 Å². The molecule has 0 aliphatic carbocycles. The van der Waals surface area contributed by atoms with Gasteiger partial charge in [0.2, 0.25) is 0 Å². The fourth-order valence-corrected chi connectivity index (χ4v) is 2.62. The Balaban J connectivity index is 0.00000484. The lowest BCUT2D eigenvalue weighted by Gasteiger charge is -2.19. The molecule has 1 heterocycles. The van der Waals surface area contributed by atoms with Crippen LogP contribution in [-0.2, 0) is 6.54 Å². The summed E-state index contributed by atoms with van der Waals surface area (Å²) in [4.78, 5) is 10.8. The van der Waals surface area contributed by atoms with E-state index in [1.54, 1.807) is 18.4 Å². The number of hydrogen-bond donors (Lipinski definition) is 2. The first kappa shape index (κ1) is 22.4. The van der Waals surface area contributed by atoms with E-state index in [9.17, 15) is 13.2 Å². The van der Waals surface area contributed by atoms with Gasteiger partial charge >= 0.3 is 6.18 Å². The molecule has 0 unspecified atom stereocenters. The van der Waals surface area contributed by atoms with E-state index in [4.69, 9.17) is 0 Å². The molecule has 10 heteroatoms. The Bertz CT molecular complexity index is 485. The average molecular weight is 465 g/mol. The fraction of sp³-hybridized carbons (Fsp3) is 0.692. The minimum absolute atomic E-state index is 0. The molecule has 134 valence electrons. The van der Waals surface area contributed by atoms with E-state index in [2.05, 4.69) is 20.6 Å². The zero-order valence-electron chi connectivity index (χ0n) is 13.6. The van der Waals surface area contributed by atoms with Crippen LogP contribution in [0.4, 0.5) is 13.2 Å². The molecule has 2 N–H and O–H groups in total. The third-order valence-electron chi connectivity index (χ3n) is 2.94. The van der Waals surface area contributed by atoms with Gasteiger partial charge in [0.25, 0.3) is 0 Å². The molecule has 5 nitrogen and oxygen atoms in total. The zero-order chi connectivity index (χ0) is 16.8. The molecule has 1 aromatic rings. The highest BCUT2D eigenvalue weighted by Crippen LogP contribution is 2.16. The van der Waals surface area contributed by atoms with Crippen molar-refractivity contribution >= 4 is 41.3 Å². The number of guanidine groups is 1. The summed E-state index contributed by atoms with van der Waals surface area (Å²) in [6, 6.07) is 0. The number of aryl methyl sites for hydroxylation is 2. The molecule has 0 aliphatic rings. The van der Waals surface area contributed by atoms with Crippen LogP contribution < -0.4 is 10.6 Å². The van der Waals surface area contributed by atoms with Crippen molar-refractivity contribution in [2.24, 2.45) is 4.99 Å². The van der Waals surface area contributed by atoms with Gasteiger partial charge in [0, 0.05) is 25.0 Å². The highest BCUT2D eigenvalue weighted by Gasteiger charge is 2.28. The van der Waals surface area contributed by atoms with Crippen LogP contribution in [0.25, 0.3) is 0 Å². The highest BCUT2D eigenvalue weighted by molar-refractivity contribution is 14.0. The largest absolute Gasteiger partial charge is 0.401 e. The molecule has 0 amide bonds. The summed E-state index contributed by atoms with van der Waals surface area (Å²) < 4.78 is 36.6. The monoisotopic (exact) mass is 465 g/mol. The SMILES string of the molecule is CN=C(NCCN(C)CC(F)(F)F)NCc1nc(C)c(C)s1.I. The van der Waals surface area contributed by atoms with Crippen molar-refractivity contribution < 1.29 is 13.2 Å². The van der Waals surface area contributed by atoms with Gasteiger partial charge in [-0.25, -0.2) is 4.98 Å². The summed E-state index contributed by atoms with van der Waals surface area (Å²) in [6.07, 6.45) is -4.17. The predicted octanol–water partition coefficient (Wildman–Crippen LogP) is 2.54. The van der Waals surface area contributed by atoms with Gasteiger partial charge in [-0.1, -0.05) is 0 Å². The van der Waals surface area contributed by atoms with E-state index in [-0.39, 0.29) is 30.5 Å². The smallest absolute Gasteiger partial charge is 0.355 e. The average Bonchev–Trinajstić information content (AvgIpc) is 2.70. The minimum Gasteiger partial charge on any atom is -0.355 e. The fourth-order valence-electron chi connectivity index (χ4n) is 1.75. The first-order valence-electron chi connectivity index (χ1n) is 6.84. The number of rotatable bonds is 6. The van der Waals surface area contributed by atoms with E-state index in [1.807, 2.05) is 13.8 Å². The van der Waals surface area contributed by atoms with Crippen molar-refractivity contribution in [1.82, 2.24) is 20.5 Å². The number of alkyl halides is 3. The van der Waals surface area contributed by atoms with Gasteiger partial charge in [0.05, 0.1) is 18.8 Å². The summed E-state index contributed by atoms with van der Waals surface area (Å²) in [7, 11) is 3.06. The van der Waals surface area contributed by atoms with Crippen LogP contribution in [0.1, 0.15) is 15.6 Å². The Morgan fingerprint density at radius 2 is 1.96 bits per heavy atom. The molecular formula is C13H23F3IN5S. The van der Waals surface area contributed by atoms with Gasteiger partial charge in [-0.15, -0.1) is 35.3 Å². The van der Waals surface area contributed by atoms with Crippen molar-refractivity contribution in [1.29, 1.82) is 0 Å². The van der Waals surface area contributed by atoms with Crippen LogP contribution in [0.3, 0.4) is 0 Å². The number of aromatic nitrogens is 1. The quantitative estimate of drug-likeness (QED) is 0.385. The summed E-state index contributed by atoms with van der Waals surface area (Å²) in [5.41, 5.74) is 1.01. The van der Waals surface area contributed by atoms with Crippen LogP contribution >= 0.6 is 35.3 Å². The maximum absolute atomic E-state index is 12.2. The summed E-state index contributed by atoms with van der Waals surface area (Å²) >= 11 is 1.61. The van der Waals surface area contributed by atoms with E-state index >= 15 is 0 Å². The van der Waals surface area contributed by atoms with Gasteiger partial charge in [-0.2, -0.15) is 13.2 Å². The van der Waals surface area contributed by atoms with Gasteiger partial charge in [-0.05, 0) is 20.9 Å². The second-order valence-corrected chi connectivity index (χ2v) is 6.24. The number of likely N-dealkylation sites (N-methyl/N-ethyl adjacent to an activating group) is 1. The third kappa shape index (κ3) is 9.30. The molecule has 1 rings (SSSR count). The molecule has 0 atom stereocenters. The lowest BCUT2D eigenvalue weighted by Crippen LogP contribution is -2.42. The molecule has 0 saturated carbocycles. The van der Waals surface area contributed by atoms with Crippen molar-refractivity contribution in [3.63, 3.8) is 0 Å². The topological polar surface area (TPSA) is 52.6 Å². The molecule has 0 aliphatic heterocycles. The predicted molar refractivity (Wildman–Crippen MR) is 98.8 cm³/mol. The van der Waals surface area contributed by atoms with Gasteiger partial charge in [0.15, 0.2) is 5.96 Å². The van der Waals surface area contributed by atoms with Crippen LogP contribution in [0, 0.1) is 13.8 Å². The lowest BCUT2D eigenvalue weighted by molar-refractivity contribution is -0.142. The molecule has 0 saturated heterocycles. The Morgan fingerprint density at radius 1 is 1.30 bits per heavy atom. The lowest BCUT2D eigenvalue weighted by atomic mass is 10.4. The van der Waals surface area contributed by atoms with Crippen molar-refractivity contribution in [2.45, 2.75) is 26.6 Å². The Morgan fingerprint density at radius 3 is 2.43 bits per heavy atom. The van der Waals surface area contributed by atoms with Crippen LogP contribution in [0.5, 0.6) is 0 Å². The maximum atomic E-state index is 12.2. The number of nitrogens with zero attached hydrogens (tertiary/aromatic N) is 3. The third-order valence-corrected chi connectivity index (χ3v) is 4.01. The normalized spacial score (nSPS) is 12.3. The van der Waals surface area contributed by atoms with E-state index in [0.717, 1.165) is 10.7 Å². The van der Waals surface area contributed by atoms with Crippen molar-refractivity contribution in [3.8, 4) is 0 Å². The van der Waals surface area contributed by atoms with Gasteiger partial charge < -0.3 is 10.6 Å². The van der Waals surface area contributed by atoms with Crippen LogP contribution in [-0.4, -0.2) is 55.7 Å². The number of thiazole rings is 1. The molecule has 0 spiro atoms.